The zero-order chi connectivity index (χ0) is 15.1. The molecular formula is C16H25NO3. The van der Waals surface area contributed by atoms with Crippen LogP contribution >= 0.6 is 0 Å². The zero-order valence-corrected chi connectivity index (χ0v) is 12.7. The molecule has 0 heterocycles. The molecule has 112 valence electrons. The fourth-order valence-corrected chi connectivity index (χ4v) is 1.73. The minimum atomic E-state index is -0.532. The SMILES string of the molecule is CCC(Oc1cccc(C)c1)C(=O)NCC(O)C(C)C. The van der Waals surface area contributed by atoms with E-state index < -0.39 is 12.2 Å². The maximum atomic E-state index is 12.0. The lowest BCUT2D eigenvalue weighted by Gasteiger charge is -2.20. The minimum Gasteiger partial charge on any atom is -0.481 e. The first-order chi connectivity index (χ1) is 9.43. The molecule has 20 heavy (non-hydrogen) atoms. The monoisotopic (exact) mass is 279 g/mol. The van der Waals surface area contributed by atoms with Crippen LogP contribution in [0.5, 0.6) is 5.75 Å². The Bertz CT molecular complexity index is 431. The third kappa shape index (κ3) is 5.21. The van der Waals surface area contributed by atoms with Gasteiger partial charge in [-0.15, -0.1) is 0 Å². The Morgan fingerprint density at radius 2 is 2.10 bits per heavy atom. The van der Waals surface area contributed by atoms with E-state index in [0.29, 0.717) is 12.2 Å². The third-order valence-electron chi connectivity index (χ3n) is 3.19. The Labute approximate surface area is 121 Å². The average Bonchev–Trinajstić information content (AvgIpc) is 2.41. The topological polar surface area (TPSA) is 58.6 Å². The number of aliphatic hydroxyl groups excluding tert-OH is 1. The number of hydrogen-bond acceptors (Lipinski definition) is 3. The second-order valence-corrected chi connectivity index (χ2v) is 5.39. The highest BCUT2D eigenvalue weighted by atomic mass is 16.5. The first-order valence-corrected chi connectivity index (χ1v) is 7.13. The largest absolute Gasteiger partial charge is 0.481 e. The minimum absolute atomic E-state index is 0.119. The molecule has 1 rings (SSSR count). The molecule has 1 aromatic carbocycles. The highest BCUT2D eigenvalue weighted by Crippen LogP contribution is 2.15. The molecule has 0 aliphatic rings. The number of aryl methyl sites for hydroxylation is 1. The highest BCUT2D eigenvalue weighted by molar-refractivity contribution is 5.81. The number of nitrogens with one attached hydrogen (secondary N) is 1. The molecule has 2 atom stereocenters. The zero-order valence-electron chi connectivity index (χ0n) is 12.7. The van der Waals surface area contributed by atoms with Gasteiger partial charge >= 0.3 is 0 Å². The normalized spacial score (nSPS) is 13.9. The summed E-state index contributed by atoms with van der Waals surface area (Å²) in [7, 11) is 0. The highest BCUT2D eigenvalue weighted by Gasteiger charge is 2.19. The third-order valence-corrected chi connectivity index (χ3v) is 3.19. The van der Waals surface area contributed by atoms with Crippen LogP contribution in [0.1, 0.15) is 32.8 Å². The van der Waals surface area contributed by atoms with Gasteiger partial charge in [0.25, 0.3) is 5.91 Å². The summed E-state index contributed by atoms with van der Waals surface area (Å²) in [4.78, 5) is 12.0. The Balaban J connectivity index is 2.55. The predicted octanol–water partition coefficient (Wildman–Crippen LogP) is 2.29. The van der Waals surface area contributed by atoms with Gasteiger partial charge in [0.1, 0.15) is 5.75 Å². The molecule has 4 heteroatoms. The van der Waals surface area contributed by atoms with Crippen molar-refractivity contribution in [3.8, 4) is 5.75 Å². The van der Waals surface area contributed by atoms with Crippen molar-refractivity contribution in [2.75, 3.05) is 6.54 Å². The Kier molecular flexibility index (Phi) is 6.52. The van der Waals surface area contributed by atoms with E-state index in [1.54, 1.807) is 0 Å². The summed E-state index contributed by atoms with van der Waals surface area (Å²) in [6.07, 6.45) is -0.482. The van der Waals surface area contributed by atoms with E-state index in [0.717, 1.165) is 5.56 Å². The maximum absolute atomic E-state index is 12.0. The molecule has 4 nitrogen and oxygen atoms in total. The lowest BCUT2D eigenvalue weighted by atomic mass is 10.1. The van der Waals surface area contributed by atoms with Gasteiger partial charge < -0.3 is 15.2 Å². The van der Waals surface area contributed by atoms with Crippen LogP contribution in [0.3, 0.4) is 0 Å². The van der Waals surface area contributed by atoms with E-state index in [1.165, 1.54) is 0 Å². The summed E-state index contributed by atoms with van der Waals surface area (Å²) < 4.78 is 5.71. The number of carbonyl (C=O) groups excluding carboxylic acids is 1. The number of carbonyl (C=O) groups is 1. The quantitative estimate of drug-likeness (QED) is 0.805. The van der Waals surface area contributed by atoms with Gasteiger partial charge in [0.15, 0.2) is 6.10 Å². The Hall–Kier alpha value is -1.55. The number of ether oxygens (including phenoxy) is 1. The summed E-state index contributed by atoms with van der Waals surface area (Å²) in [6, 6.07) is 7.62. The number of rotatable bonds is 7. The van der Waals surface area contributed by atoms with Gasteiger partial charge in [-0.1, -0.05) is 32.9 Å². The smallest absolute Gasteiger partial charge is 0.261 e. The molecule has 1 aromatic rings. The molecule has 0 saturated heterocycles. The van der Waals surface area contributed by atoms with Crippen LogP contribution in [0.4, 0.5) is 0 Å². The van der Waals surface area contributed by atoms with Crippen molar-refractivity contribution in [2.45, 2.75) is 46.3 Å². The molecule has 0 aliphatic heterocycles. The molecule has 1 amide bonds. The molecule has 2 N–H and O–H groups in total. The second-order valence-electron chi connectivity index (χ2n) is 5.39. The van der Waals surface area contributed by atoms with Crippen LogP contribution in [-0.2, 0) is 4.79 Å². The molecule has 2 unspecified atom stereocenters. The summed E-state index contributed by atoms with van der Waals surface area (Å²) in [5.41, 5.74) is 1.09. The molecule has 0 aromatic heterocycles. The Morgan fingerprint density at radius 3 is 2.65 bits per heavy atom. The second kappa shape index (κ2) is 7.90. The molecule has 0 fully saturated rings. The van der Waals surface area contributed by atoms with Crippen LogP contribution < -0.4 is 10.1 Å². The van der Waals surface area contributed by atoms with E-state index in [9.17, 15) is 9.90 Å². The van der Waals surface area contributed by atoms with E-state index in [-0.39, 0.29) is 18.4 Å². The van der Waals surface area contributed by atoms with Gasteiger partial charge in [0, 0.05) is 6.54 Å². The fraction of sp³-hybridized carbons (Fsp3) is 0.562. The van der Waals surface area contributed by atoms with Crippen molar-refractivity contribution in [1.29, 1.82) is 0 Å². The van der Waals surface area contributed by atoms with Gasteiger partial charge in [-0.05, 0) is 37.0 Å². The summed E-state index contributed by atoms with van der Waals surface area (Å²) >= 11 is 0. The number of benzene rings is 1. The van der Waals surface area contributed by atoms with Crippen LogP contribution in [0.25, 0.3) is 0 Å². The maximum Gasteiger partial charge on any atom is 0.261 e. The first-order valence-electron chi connectivity index (χ1n) is 7.13. The molecule has 0 radical (unpaired) electrons. The lowest BCUT2D eigenvalue weighted by Crippen LogP contribution is -2.42. The average molecular weight is 279 g/mol. The molecule has 0 spiro atoms. The van der Waals surface area contributed by atoms with Gasteiger partial charge in [-0.25, -0.2) is 0 Å². The van der Waals surface area contributed by atoms with Crippen LogP contribution in [0.2, 0.25) is 0 Å². The number of hydrogen-bond donors (Lipinski definition) is 2. The van der Waals surface area contributed by atoms with Crippen molar-refractivity contribution >= 4 is 5.91 Å². The van der Waals surface area contributed by atoms with Gasteiger partial charge in [0.2, 0.25) is 0 Å². The number of amides is 1. The van der Waals surface area contributed by atoms with Crippen molar-refractivity contribution in [1.82, 2.24) is 5.32 Å². The summed E-state index contributed by atoms with van der Waals surface area (Å²) in [6.45, 7) is 7.96. The van der Waals surface area contributed by atoms with Gasteiger partial charge in [-0.3, -0.25) is 4.79 Å². The summed E-state index contributed by atoms with van der Waals surface area (Å²) in [5.74, 6) is 0.623. The molecule has 0 aliphatic carbocycles. The Morgan fingerprint density at radius 1 is 1.40 bits per heavy atom. The predicted molar refractivity (Wildman–Crippen MR) is 79.7 cm³/mol. The van der Waals surface area contributed by atoms with Crippen molar-refractivity contribution in [3.05, 3.63) is 29.8 Å². The van der Waals surface area contributed by atoms with E-state index in [4.69, 9.17) is 4.74 Å². The van der Waals surface area contributed by atoms with Crippen LogP contribution in [0.15, 0.2) is 24.3 Å². The molecule has 0 bridgehead atoms. The van der Waals surface area contributed by atoms with Crippen molar-refractivity contribution in [3.63, 3.8) is 0 Å². The van der Waals surface area contributed by atoms with E-state index in [2.05, 4.69) is 5.32 Å². The van der Waals surface area contributed by atoms with Gasteiger partial charge in [0.05, 0.1) is 6.10 Å². The van der Waals surface area contributed by atoms with Crippen LogP contribution in [-0.4, -0.2) is 29.8 Å². The van der Waals surface area contributed by atoms with Crippen molar-refractivity contribution < 1.29 is 14.6 Å². The standard InChI is InChI=1S/C16H25NO3/c1-5-15(16(19)17-10-14(18)11(2)3)20-13-8-6-7-12(4)9-13/h6-9,11,14-15,18H,5,10H2,1-4H3,(H,17,19). The van der Waals surface area contributed by atoms with Gasteiger partial charge in [-0.2, -0.15) is 0 Å². The lowest BCUT2D eigenvalue weighted by molar-refractivity contribution is -0.128. The van der Waals surface area contributed by atoms with Crippen LogP contribution in [0, 0.1) is 12.8 Å². The molecular weight excluding hydrogens is 254 g/mol. The number of aliphatic hydroxyl groups is 1. The van der Waals surface area contributed by atoms with Crippen molar-refractivity contribution in [2.24, 2.45) is 5.92 Å². The summed E-state index contributed by atoms with van der Waals surface area (Å²) in [5, 5.41) is 12.4. The van der Waals surface area contributed by atoms with E-state index in [1.807, 2.05) is 52.0 Å². The molecule has 0 saturated carbocycles. The first kappa shape index (κ1) is 16.5. The fourth-order valence-electron chi connectivity index (χ4n) is 1.73. The van der Waals surface area contributed by atoms with E-state index >= 15 is 0 Å².